The Morgan fingerprint density at radius 2 is 1.72 bits per heavy atom. The average Bonchev–Trinajstić information content (AvgIpc) is 2.71. The van der Waals surface area contributed by atoms with Gasteiger partial charge < -0.3 is 21.3 Å². The molecule has 0 atom stereocenters. The molecule has 2 fully saturated rings. The molecule has 1 aromatic heterocycles. The Morgan fingerprint density at radius 3 is 2.41 bits per heavy atom. The smallest absolute Gasteiger partial charge is 0.351 e. The van der Waals surface area contributed by atoms with E-state index >= 15 is 0 Å². The van der Waals surface area contributed by atoms with Gasteiger partial charge in [0, 0.05) is 49.6 Å². The molecule has 4 rings (SSSR count). The Kier molecular flexibility index (Phi) is 5.96. The molecular formula is C20H30N8O. The van der Waals surface area contributed by atoms with E-state index in [2.05, 4.69) is 42.4 Å². The standard InChI is InChI=1S/C20H30N8O/c1-27-10-12-28(13-11-27)17-8-6-16(7-9-17)23-19-24-18(25-20(29)26-19)22-15-4-2-14(21)3-5-15/h2-5,16-17H,6-13,21H2,1H3,(H3,22,23,24,25,26,29). The van der Waals surface area contributed by atoms with Gasteiger partial charge in [-0.1, -0.05) is 0 Å². The van der Waals surface area contributed by atoms with Crippen LogP contribution in [0.2, 0.25) is 0 Å². The molecule has 0 unspecified atom stereocenters. The number of hydrogen-bond acceptors (Lipinski definition) is 8. The van der Waals surface area contributed by atoms with E-state index in [-0.39, 0.29) is 0 Å². The molecule has 2 heterocycles. The van der Waals surface area contributed by atoms with Gasteiger partial charge in [-0.05, 0) is 57.0 Å². The van der Waals surface area contributed by atoms with Crippen LogP contribution >= 0.6 is 0 Å². The summed E-state index contributed by atoms with van der Waals surface area (Å²) in [5, 5.41) is 6.45. The molecule has 29 heavy (non-hydrogen) atoms. The van der Waals surface area contributed by atoms with Gasteiger partial charge in [0.15, 0.2) is 0 Å². The predicted octanol–water partition coefficient (Wildman–Crippen LogP) is 1.46. The Hall–Kier alpha value is -2.65. The molecule has 2 aromatic rings. The molecule has 156 valence electrons. The van der Waals surface area contributed by atoms with Crippen LogP contribution in [0.5, 0.6) is 0 Å². The van der Waals surface area contributed by atoms with Crippen molar-refractivity contribution in [1.29, 1.82) is 0 Å². The van der Waals surface area contributed by atoms with Crippen molar-refractivity contribution >= 4 is 23.3 Å². The highest BCUT2D eigenvalue weighted by atomic mass is 16.1. The van der Waals surface area contributed by atoms with Crippen LogP contribution in [0.1, 0.15) is 25.7 Å². The van der Waals surface area contributed by atoms with Crippen LogP contribution in [0.3, 0.4) is 0 Å². The number of nitrogen functional groups attached to an aromatic ring is 1. The number of rotatable bonds is 5. The van der Waals surface area contributed by atoms with Gasteiger partial charge >= 0.3 is 5.69 Å². The minimum absolute atomic E-state index is 0.296. The number of nitrogens with two attached hydrogens (primary N) is 1. The second kappa shape index (κ2) is 8.79. The number of hydrogen-bond donors (Lipinski definition) is 4. The summed E-state index contributed by atoms with van der Waals surface area (Å²) in [6.45, 7) is 4.64. The van der Waals surface area contributed by atoms with E-state index in [1.807, 2.05) is 12.1 Å². The van der Waals surface area contributed by atoms with E-state index in [9.17, 15) is 4.79 Å². The van der Waals surface area contributed by atoms with Crippen molar-refractivity contribution in [3.05, 3.63) is 34.7 Å². The first-order valence-electron chi connectivity index (χ1n) is 10.4. The zero-order chi connectivity index (χ0) is 20.2. The molecule has 2 aliphatic rings. The largest absolute Gasteiger partial charge is 0.399 e. The summed E-state index contributed by atoms with van der Waals surface area (Å²) >= 11 is 0. The van der Waals surface area contributed by atoms with Gasteiger partial charge in [-0.15, -0.1) is 0 Å². The molecule has 1 aliphatic heterocycles. The normalized spacial score (nSPS) is 23.6. The van der Waals surface area contributed by atoms with Crippen LogP contribution in [-0.4, -0.2) is 70.1 Å². The molecule has 0 spiro atoms. The second-order valence-electron chi connectivity index (χ2n) is 8.06. The first kappa shape index (κ1) is 19.7. The van der Waals surface area contributed by atoms with E-state index in [1.165, 1.54) is 12.8 Å². The van der Waals surface area contributed by atoms with Crippen LogP contribution < -0.4 is 22.1 Å². The maximum absolute atomic E-state index is 12.0. The number of anilines is 4. The summed E-state index contributed by atoms with van der Waals surface area (Å²) in [5.74, 6) is 0.734. The topological polar surface area (TPSA) is 115 Å². The maximum atomic E-state index is 12.0. The number of aromatic amines is 1. The third-order valence-corrected chi connectivity index (χ3v) is 5.91. The van der Waals surface area contributed by atoms with Crippen LogP contribution in [0.15, 0.2) is 29.1 Å². The fraction of sp³-hybridized carbons (Fsp3) is 0.550. The Morgan fingerprint density at radius 1 is 1.03 bits per heavy atom. The second-order valence-corrected chi connectivity index (χ2v) is 8.06. The summed E-state index contributed by atoms with van der Waals surface area (Å²) in [7, 11) is 2.19. The maximum Gasteiger partial charge on any atom is 0.351 e. The number of likely N-dealkylation sites (N-methyl/N-ethyl adjacent to an activating group) is 1. The third-order valence-electron chi connectivity index (χ3n) is 5.91. The van der Waals surface area contributed by atoms with E-state index in [4.69, 9.17) is 5.73 Å². The summed E-state index contributed by atoms with van der Waals surface area (Å²) in [6.07, 6.45) is 4.46. The van der Waals surface area contributed by atoms with Gasteiger partial charge in [-0.2, -0.15) is 9.97 Å². The summed E-state index contributed by atoms with van der Waals surface area (Å²) in [4.78, 5) is 28.0. The molecule has 1 saturated carbocycles. The highest BCUT2D eigenvalue weighted by molar-refractivity contribution is 5.57. The third kappa shape index (κ3) is 5.24. The van der Waals surface area contributed by atoms with Crippen molar-refractivity contribution < 1.29 is 0 Å². The molecule has 5 N–H and O–H groups in total. The van der Waals surface area contributed by atoms with E-state index < -0.39 is 5.69 Å². The van der Waals surface area contributed by atoms with Crippen molar-refractivity contribution in [2.45, 2.75) is 37.8 Å². The molecule has 9 nitrogen and oxygen atoms in total. The predicted molar refractivity (Wildman–Crippen MR) is 116 cm³/mol. The highest BCUT2D eigenvalue weighted by Crippen LogP contribution is 2.25. The van der Waals surface area contributed by atoms with E-state index in [0.29, 0.717) is 29.7 Å². The average molecular weight is 399 g/mol. The van der Waals surface area contributed by atoms with Crippen LogP contribution in [0.25, 0.3) is 0 Å². The van der Waals surface area contributed by atoms with Gasteiger partial charge in [0.1, 0.15) is 0 Å². The van der Waals surface area contributed by atoms with Crippen molar-refractivity contribution in [3.63, 3.8) is 0 Å². The van der Waals surface area contributed by atoms with Gasteiger partial charge in [-0.25, -0.2) is 4.79 Å². The highest BCUT2D eigenvalue weighted by Gasteiger charge is 2.28. The lowest BCUT2D eigenvalue weighted by molar-refractivity contribution is 0.0894. The minimum Gasteiger partial charge on any atom is -0.399 e. The van der Waals surface area contributed by atoms with Crippen molar-refractivity contribution in [3.8, 4) is 0 Å². The molecule has 1 aliphatic carbocycles. The van der Waals surface area contributed by atoms with Gasteiger partial charge in [0.25, 0.3) is 0 Å². The fourth-order valence-corrected chi connectivity index (χ4v) is 4.17. The summed E-state index contributed by atoms with van der Waals surface area (Å²) < 4.78 is 0. The van der Waals surface area contributed by atoms with Crippen molar-refractivity contribution in [1.82, 2.24) is 24.8 Å². The van der Waals surface area contributed by atoms with E-state index in [1.54, 1.807) is 12.1 Å². The first-order chi connectivity index (χ1) is 14.0. The Labute approximate surface area is 170 Å². The molecule has 1 aromatic carbocycles. The SMILES string of the molecule is CN1CCN(C2CCC(Nc3nc(Nc4ccc(N)cc4)[nH]c(=O)n3)CC2)CC1. The Balaban J connectivity index is 1.33. The first-order valence-corrected chi connectivity index (χ1v) is 10.4. The lowest BCUT2D eigenvalue weighted by Crippen LogP contribution is -2.50. The van der Waals surface area contributed by atoms with Crippen LogP contribution in [-0.2, 0) is 0 Å². The number of nitrogens with zero attached hydrogens (tertiary/aromatic N) is 4. The monoisotopic (exact) mass is 398 g/mol. The van der Waals surface area contributed by atoms with Gasteiger partial charge in [0.05, 0.1) is 0 Å². The van der Waals surface area contributed by atoms with Crippen LogP contribution in [0.4, 0.5) is 23.3 Å². The lowest BCUT2D eigenvalue weighted by atomic mass is 9.90. The minimum atomic E-state index is -0.424. The molecule has 1 saturated heterocycles. The van der Waals surface area contributed by atoms with Gasteiger partial charge in [0.2, 0.25) is 11.9 Å². The van der Waals surface area contributed by atoms with Gasteiger partial charge in [-0.3, -0.25) is 9.88 Å². The quantitative estimate of drug-likeness (QED) is 0.560. The zero-order valence-corrected chi connectivity index (χ0v) is 16.9. The molecular weight excluding hydrogens is 368 g/mol. The number of aromatic nitrogens is 3. The lowest BCUT2D eigenvalue weighted by Gasteiger charge is -2.41. The molecule has 0 bridgehead atoms. The number of H-pyrrole nitrogens is 1. The molecule has 9 heteroatoms. The number of piperazine rings is 1. The Bertz CT molecular complexity index is 852. The number of nitrogens with one attached hydrogen (secondary N) is 3. The van der Waals surface area contributed by atoms with E-state index in [0.717, 1.165) is 44.7 Å². The van der Waals surface area contributed by atoms with Crippen LogP contribution in [0, 0.1) is 0 Å². The zero-order valence-electron chi connectivity index (χ0n) is 16.9. The molecule has 0 amide bonds. The summed E-state index contributed by atoms with van der Waals surface area (Å²) in [5.41, 5.74) is 6.77. The van der Waals surface area contributed by atoms with Crippen molar-refractivity contribution in [2.24, 2.45) is 0 Å². The van der Waals surface area contributed by atoms with Crippen molar-refractivity contribution in [2.75, 3.05) is 49.6 Å². The fourth-order valence-electron chi connectivity index (χ4n) is 4.17. The number of benzene rings is 1. The summed E-state index contributed by atoms with van der Waals surface area (Å²) in [6, 6.07) is 8.22. The molecule has 0 radical (unpaired) electrons.